The highest BCUT2D eigenvalue weighted by Gasteiger charge is 2.30. The van der Waals surface area contributed by atoms with Crippen molar-refractivity contribution in [2.75, 3.05) is 27.3 Å². The number of hydrogen-bond acceptors (Lipinski definition) is 5. The molecule has 1 saturated heterocycles. The summed E-state index contributed by atoms with van der Waals surface area (Å²) >= 11 is 0. The molecule has 1 aliphatic rings. The second-order valence-electron chi connectivity index (χ2n) is 5.78. The van der Waals surface area contributed by atoms with Gasteiger partial charge in [0.2, 0.25) is 0 Å². The van der Waals surface area contributed by atoms with Crippen LogP contribution in [0, 0.1) is 28.6 Å². The van der Waals surface area contributed by atoms with Crippen LogP contribution in [-0.4, -0.2) is 32.2 Å². The van der Waals surface area contributed by atoms with Crippen LogP contribution < -0.4 is 9.47 Å². The van der Waals surface area contributed by atoms with Crippen molar-refractivity contribution in [3.8, 4) is 23.6 Å². The molecule has 5 nitrogen and oxygen atoms in total. The second kappa shape index (κ2) is 8.41. The summed E-state index contributed by atoms with van der Waals surface area (Å²) in [7, 11) is 3.31. The molecule has 0 amide bonds. The molecule has 1 heterocycles. The Morgan fingerprint density at radius 2 is 2.13 bits per heavy atom. The molecule has 2 rings (SSSR count). The van der Waals surface area contributed by atoms with Gasteiger partial charge in [0.05, 0.1) is 32.3 Å². The standard InChI is InChI=1S/C18H23N3O2/c1-22-15-7-8-16(18(11-15)23-2)17-6-4-10-21(17)13-14(12-20)5-3-9-19/h7-8,11,14,17H,3-6,10,13H2,1-2H3/t14-,17+/m0/s1. The Morgan fingerprint density at radius 1 is 1.30 bits per heavy atom. The molecule has 1 aromatic carbocycles. The number of rotatable bonds is 7. The van der Waals surface area contributed by atoms with Crippen LogP contribution >= 0.6 is 0 Å². The number of nitrogens with zero attached hydrogens (tertiary/aromatic N) is 3. The zero-order valence-corrected chi connectivity index (χ0v) is 13.8. The first-order valence-corrected chi connectivity index (χ1v) is 7.96. The quantitative estimate of drug-likeness (QED) is 0.772. The Labute approximate surface area is 138 Å². The number of ether oxygens (including phenoxy) is 2. The summed E-state index contributed by atoms with van der Waals surface area (Å²) in [4.78, 5) is 2.34. The molecule has 0 spiro atoms. The number of hydrogen-bond donors (Lipinski definition) is 0. The molecule has 1 aliphatic heterocycles. The average Bonchev–Trinajstić information content (AvgIpc) is 3.05. The molecule has 0 radical (unpaired) electrons. The van der Waals surface area contributed by atoms with Gasteiger partial charge in [-0.25, -0.2) is 0 Å². The van der Waals surface area contributed by atoms with E-state index < -0.39 is 0 Å². The zero-order chi connectivity index (χ0) is 16.7. The van der Waals surface area contributed by atoms with E-state index in [-0.39, 0.29) is 12.0 Å². The molecule has 1 fully saturated rings. The van der Waals surface area contributed by atoms with E-state index in [1.165, 1.54) is 0 Å². The van der Waals surface area contributed by atoms with Gasteiger partial charge in [-0.2, -0.15) is 10.5 Å². The van der Waals surface area contributed by atoms with Crippen molar-refractivity contribution in [3.05, 3.63) is 23.8 Å². The summed E-state index contributed by atoms with van der Waals surface area (Å²) < 4.78 is 10.8. The van der Waals surface area contributed by atoms with Crippen LogP contribution in [0.1, 0.15) is 37.3 Å². The van der Waals surface area contributed by atoms with Crippen LogP contribution in [0.15, 0.2) is 18.2 Å². The monoisotopic (exact) mass is 313 g/mol. The maximum atomic E-state index is 9.31. The molecule has 0 bridgehead atoms. The molecular weight excluding hydrogens is 290 g/mol. The molecule has 1 aromatic rings. The van der Waals surface area contributed by atoms with Crippen molar-refractivity contribution in [2.24, 2.45) is 5.92 Å². The van der Waals surface area contributed by atoms with Crippen molar-refractivity contribution in [1.29, 1.82) is 10.5 Å². The predicted molar refractivity (Wildman–Crippen MR) is 87.0 cm³/mol. The second-order valence-corrected chi connectivity index (χ2v) is 5.78. The van der Waals surface area contributed by atoms with Gasteiger partial charge in [-0.3, -0.25) is 4.90 Å². The number of methoxy groups -OCH3 is 2. The summed E-state index contributed by atoms with van der Waals surface area (Å²) in [5.41, 5.74) is 1.14. The van der Waals surface area contributed by atoms with Crippen molar-refractivity contribution < 1.29 is 9.47 Å². The number of nitriles is 2. The van der Waals surface area contributed by atoms with E-state index in [1.54, 1.807) is 14.2 Å². The Balaban J connectivity index is 2.15. The van der Waals surface area contributed by atoms with Gasteiger partial charge >= 0.3 is 0 Å². The minimum Gasteiger partial charge on any atom is -0.497 e. The highest BCUT2D eigenvalue weighted by molar-refractivity contribution is 5.42. The first-order chi connectivity index (χ1) is 11.2. The maximum Gasteiger partial charge on any atom is 0.127 e. The van der Waals surface area contributed by atoms with Crippen LogP contribution in [0.5, 0.6) is 11.5 Å². The van der Waals surface area contributed by atoms with Crippen LogP contribution in [0.2, 0.25) is 0 Å². The lowest BCUT2D eigenvalue weighted by molar-refractivity contribution is 0.226. The molecule has 0 unspecified atom stereocenters. The van der Waals surface area contributed by atoms with Crippen molar-refractivity contribution in [1.82, 2.24) is 4.90 Å². The molecule has 0 saturated carbocycles. The van der Waals surface area contributed by atoms with Gasteiger partial charge in [0.25, 0.3) is 0 Å². The summed E-state index contributed by atoms with van der Waals surface area (Å²) in [6, 6.07) is 10.6. The van der Waals surface area contributed by atoms with E-state index >= 15 is 0 Å². The van der Waals surface area contributed by atoms with Gasteiger partial charge in [-0.05, 0) is 31.9 Å². The molecule has 5 heteroatoms. The fourth-order valence-electron chi connectivity index (χ4n) is 3.21. The third-order valence-corrected chi connectivity index (χ3v) is 4.41. The van der Waals surface area contributed by atoms with Gasteiger partial charge in [0, 0.05) is 30.6 Å². The third-order valence-electron chi connectivity index (χ3n) is 4.41. The van der Waals surface area contributed by atoms with E-state index in [0.717, 1.165) is 36.4 Å². The normalized spacial score (nSPS) is 18.9. The molecule has 2 atom stereocenters. The Morgan fingerprint density at radius 3 is 2.78 bits per heavy atom. The lowest BCUT2D eigenvalue weighted by Crippen LogP contribution is -2.29. The molecule has 0 N–H and O–H groups in total. The van der Waals surface area contributed by atoms with Crippen LogP contribution in [0.3, 0.4) is 0 Å². The van der Waals surface area contributed by atoms with E-state index in [9.17, 15) is 5.26 Å². The summed E-state index contributed by atoms with van der Waals surface area (Å²) in [6.45, 7) is 1.68. The molecular formula is C18H23N3O2. The van der Waals surface area contributed by atoms with Crippen LogP contribution in [0.4, 0.5) is 0 Å². The first kappa shape index (κ1) is 17.1. The summed E-state index contributed by atoms with van der Waals surface area (Å²) in [5, 5.41) is 18.0. The zero-order valence-electron chi connectivity index (χ0n) is 13.8. The Hall–Kier alpha value is -2.24. The van der Waals surface area contributed by atoms with Crippen molar-refractivity contribution >= 4 is 0 Å². The van der Waals surface area contributed by atoms with E-state index in [2.05, 4.69) is 23.1 Å². The van der Waals surface area contributed by atoms with Gasteiger partial charge in [-0.1, -0.05) is 6.07 Å². The van der Waals surface area contributed by atoms with Gasteiger partial charge in [0.15, 0.2) is 0 Å². The van der Waals surface area contributed by atoms with Crippen LogP contribution in [-0.2, 0) is 0 Å². The minimum absolute atomic E-state index is 0.0977. The van der Waals surface area contributed by atoms with Gasteiger partial charge < -0.3 is 9.47 Å². The SMILES string of the molecule is COc1ccc([C@H]2CCCN2C[C@H](C#N)CCC#N)c(OC)c1. The van der Waals surface area contributed by atoms with Crippen LogP contribution in [0.25, 0.3) is 0 Å². The lowest BCUT2D eigenvalue weighted by atomic mass is 10.0. The molecule has 0 aromatic heterocycles. The average molecular weight is 313 g/mol. The molecule has 122 valence electrons. The molecule has 0 aliphatic carbocycles. The highest BCUT2D eigenvalue weighted by Crippen LogP contribution is 2.39. The predicted octanol–water partition coefficient (Wildman–Crippen LogP) is 3.28. The van der Waals surface area contributed by atoms with E-state index in [4.69, 9.17) is 14.7 Å². The van der Waals surface area contributed by atoms with E-state index in [0.29, 0.717) is 19.4 Å². The largest absolute Gasteiger partial charge is 0.497 e. The smallest absolute Gasteiger partial charge is 0.127 e. The highest BCUT2D eigenvalue weighted by atomic mass is 16.5. The Kier molecular flexibility index (Phi) is 6.26. The summed E-state index contributed by atoms with van der Waals surface area (Å²) in [5.74, 6) is 1.50. The fourth-order valence-corrected chi connectivity index (χ4v) is 3.21. The third kappa shape index (κ3) is 4.15. The first-order valence-electron chi connectivity index (χ1n) is 7.96. The van der Waals surface area contributed by atoms with E-state index in [1.807, 2.05) is 12.1 Å². The van der Waals surface area contributed by atoms with Crippen molar-refractivity contribution in [3.63, 3.8) is 0 Å². The fraction of sp³-hybridized carbons (Fsp3) is 0.556. The number of likely N-dealkylation sites (tertiary alicyclic amines) is 1. The number of benzene rings is 1. The summed E-state index contributed by atoms with van der Waals surface area (Å²) in [6.07, 6.45) is 3.23. The van der Waals surface area contributed by atoms with Gasteiger partial charge in [0.1, 0.15) is 11.5 Å². The minimum atomic E-state index is -0.0977. The molecule has 23 heavy (non-hydrogen) atoms. The van der Waals surface area contributed by atoms with Crippen molar-refractivity contribution in [2.45, 2.75) is 31.7 Å². The topological polar surface area (TPSA) is 69.3 Å². The Bertz CT molecular complexity index is 603. The maximum absolute atomic E-state index is 9.31. The lowest BCUT2D eigenvalue weighted by Gasteiger charge is -2.27. The van der Waals surface area contributed by atoms with Gasteiger partial charge in [-0.15, -0.1) is 0 Å².